The number of halogens is 1. The Labute approximate surface area is 120 Å². The molecule has 0 bridgehead atoms. The quantitative estimate of drug-likeness (QED) is 0.887. The van der Waals surface area contributed by atoms with E-state index in [0.717, 1.165) is 10.9 Å². The van der Waals surface area contributed by atoms with E-state index in [9.17, 15) is 0 Å². The predicted molar refractivity (Wildman–Crippen MR) is 81.7 cm³/mol. The maximum atomic E-state index is 4.22. The Hall–Kier alpha value is -0.410. The molecule has 0 saturated heterocycles. The number of nitrogens with one attached hydrogen (secondary N) is 1. The summed E-state index contributed by atoms with van der Waals surface area (Å²) < 4.78 is 1.05. The van der Waals surface area contributed by atoms with Crippen LogP contribution < -0.4 is 5.32 Å². The maximum Gasteiger partial charge on any atom is 0.0410 e. The fraction of sp³-hybridized carbons (Fsp3) is 0.667. The summed E-state index contributed by atoms with van der Waals surface area (Å²) in [4.78, 5) is 4.22. The third-order valence-electron chi connectivity index (χ3n) is 3.77. The lowest BCUT2D eigenvalue weighted by Gasteiger charge is -2.30. The molecule has 0 saturated carbocycles. The highest BCUT2D eigenvalue weighted by atomic mass is 79.9. The standard InChI is InChI=1S/C15H25BrN2/c1-11(15(2,3)4)6-14(17-5)8-12-7-13(16)10-18-9-12/h7,9-11,14,17H,6,8H2,1-5H3. The second kappa shape index (κ2) is 6.67. The van der Waals surface area contributed by atoms with E-state index in [1.165, 1.54) is 12.0 Å². The lowest BCUT2D eigenvalue weighted by molar-refractivity contribution is 0.225. The summed E-state index contributed by atoms with van der Waals surface area (Å²) in [6.07, 6.45) is 6.00. The third-order valence-corrected chi connectivity index (χ3v) is 4.20. The van der Waals surface area contributed by atoms with Crippen LogP contribution in [0.25, 0.3) is 0 Å². The van der Waals surface area contributed by atoms with Gasteiger partial charge >= 0.3 is 0 Å². The van der Waals surface area contributed by atoms with Gasteiger partial charge in [-0.3, -0.25) is 4.98 Å². The minimum absolute atomic E-state index is 0.366. The van der Waals surface area contributed by atoms with Crippen molar-refractivity contribution in [2.75, 3.05) is 7.05 Å². The minimum atomic E-state index is 0.366. The number of nitrogens with zero attached hydrogens (tertiary/aromatic N) is 1. The number of aromatic nitrogens is 1. The van der Waals surface area contributed by atoms with Gasteiger partial charge in [0.05, 0.1) is 0 Å². The Balaban J connectivity index is 2.63. The van der Waals surface area contributed by atoms with Gasteiger partial charge in [-0.2, -0.15) is 0 Å². The molecule has 0 amide bonds. The molecule has 3 heteroatoms. The smallest absolute Gasteiger partial charge is 0.0410 e. The molecule has 0 fully saturated rings. The molecule has 0 radical (unpaired) electrons. The lowest BCUT2D eigenvalue weighted by atomic mass is 9.78. The molecule has 18 heavy (non-hydrogen) atoms. The van der Waals surface area contributed by atoms with Crippen LogP contribution in [0.1, 0.15) is 39.7 Å². The first-order valence-corrected chi connectivity index (χ1v) is 7.39. The zero-order valence-corrected chi connectivity index (χ0v) is 13.7. The second-order valence-electron chi connectivity index (χ2n) is 6.20. The molecule has 102 valence electrons. The van der Waals surface area contributed by atoms with Gasteiger partial charge in [0.25, 0.3) is 0 Å². The van der Waals surface area contributed by atoms with E-state index in [1.54, 1.807) is 0 Å². The monoisotopic (exact) mass is 312 g/mol. The molecule has 0 aliphatic rings. The Morgan fingerprint density at radius 3 is 2.50 bits per heavy atom. The molecular weight excluding hydrogens is 288 g/mol. The number of hydrogen-bond donors (Lipinski definition) is 1. The van der Waals surface area contributed by atoms with E-state index in [4.69, 9.17) is 0 Å². The molecule has 1 N–H and O–H groups in total. The van der Waals surface area contributed by atoms with E-state index in [-0.39, 0.29) is 0 Å². The minimum Gasteiger partial charge on any atom is -0.317 e. The van der Waals surface area contributed by atoms with Crippen molar-refractivity contribution in [1.82, 2.24) is 10.3 Å². The molecule has 0 aliphatic carbocycles. The first-order chi connectivity index (χ1) is 8.32. The zero-order chi connectivity index (χ0) is 13.8. The van der Waals surface area contributed by atoms with Gasteiger partial charge in [-0.15, -0.1) is 0 Å². The summed E-state index contributed by atoms with van der Waals surface area (Å²) >= 11 is 3.47. The molecule has 2 atom stereocenters. The first-order valence-electron chi connectivity index (χ1n) is 6.59. The fourth-order valence-corrected chi connectivity index (χ4v) is 2.35. The van der Waals surface area contributed by atoms with Gasteiger partial charge in [-0.25, -0.2) is 0 Å². The van der Waals surface area contributed by atoms with E-state index in [0.29, 0.717) is 17.4 Å². The van der Waals surface area contributed by atoms with E-state index in [2.05, 4.69) is 60.0 Å². The topological polar surface area (TPSA) is 24.9 Å². The Bertz CT molecular complexity index is 371. The van der Waals surface area contributed by atoms with Crippen LogP contribution in [0.2, 0.25) is 0 Å². The molecule has 0 spiro atoms. The Morgan fingerprint density at radius 1 is 1.33 bits per heavy atom. The SMILES string of the molecule is CNC(Cc1cncc(Br)c1)CC(C)C(C)(C)C. The van der Waals surface area contributed by atoms with Crippen LogP contribution in [0, 0.1) is 11.3 Å². The number of likely N-dealkylation sites (N-methyl/N-ethyl adjacent to an activating group) is 1. The van der Waals surface area contributed by atoms with Crippen LogP contribution in [0.4, 0.5) is 0 Å². The van der Waals surface area contributed by atoms with Gasteiger partial charge in [-0.05, 0) is 58.8 Å². The molecule has 1 aromatic heterocycles. The van der Waals surface area contributed by atoms with E-state index < -0.39 is 0 Å². The van der Waals surface area contributed by atoms with Crippen molar-refractivity contribution in [3.8, 4) is 0 Å². The molecule has 1 rings (SSSR count). The molecule has 1 heterocycles. The van der Waals surface area contributed by atoms with Gasteiger partial charge in [0.2, 0.25) is 0 Å². The summed E-state index contributed by atoms with van der Waals surface area (Å²) in [6, 6.07) is 2.66. The van der Waals surface area contributed by atoms with Crippen molar-refractivity contribution in [2.24, 2.45) is 11.3 Å². The van der Waals surface area contributed by atoms with E-state index in [1.807, 2.05) is 19.4 Å². The molecule has 2 nitrogen and oxygen atoms in total. The molecule has 0 aliphatic heterocycles. The van der Waals surface area contributed by atoms with E-state index >= 15 is 0 Å². The van der Waals surface area contributed by atoms with Crippen LogP contribution in [0.3, 0.4) is 0 Å². The van der Waals surface area contributed by atoms with Gasteiger partial charge in [-0.1, -0.05) is 27.7 Å². The Morgan fingerprint density at radius 2 is 2.00 bits per heavy atom. The lowest BCUT2D eigenvalue weighted by Crippen LogP contribution is -2.33. The van der Waals surface area contributed by atoms with Crippen molar-refractivity contribution in [3.05, 3.63) is 28.5 Å². The molecular formula is C15H25BrN2. The number of hydrogen-bond acceptors (Lipinski definition) is 2. The summed E-state index contributed by atoms with van der Waals surface area (Å²) in [5.41, 5.74) is 1.65. The van der Waals surface area contributed by atoms with Gasteiger partial charge < -0.3 is 5.32 Å². The summed E-state index contributed by atoms with van der Waals surface area (Å²) in [5.74, 6) is 0.690. The highest BCUT2D eigenvalue weighted by Crippen LogP contribution is 2.29. The predicted octanol–water partition coefficient (Wildman–Crippen LogP) is 4.05. The van der Waals surface area contributed by atoms with Crippen LogP contribution in [0.5, 0.6) is 0 Å². The van der Waals surface area contributed by atoms with Crippen molar-refractivity contribution in [3.63, 3.8) is 0 Å². The average molecular weight is 313 g/mol. The highest BCUT2D eigenvalue weighted by Gasteiger charge is 2.23. The summed E-state index contributed by atoms with van der Waals surface area (Å²) in [7, 11) is 2.05. The maximum absolute atomic E-state index is 4.22. The van der Waals surface area contributed by atoms with Gasteiger partial charge in [0.1, 0.15) is 0 Å². The largest absolute Gasteiger partial charge is 0.317 e. The van der Waals surface area contributed by atoms with Gasteiger partial charge in [0.15, 0.2) is 0 Å². The molecule has 0 aromatic carbocycles. The normalized spacial score (nSPS) is 15.4. The van der Waals surface area contributed by atoms with Crippen LogP contribution in [-0.2, 0) is 6.42 Å². The first kappa shape index (κ1) is 15.6. The van der Waals surface area contributed by atoms with Crippen LogP contribution in [0.15, 0.2) is 22.9 Å². The van der Waals surface area contributed by atoms with Crippen LogP contribution >= 0.6 is 15.9 Å². The molecule has 2 unspecified atom stereocenters. The third kappa shape index (κ3) is 5.07. The Kier molecular flexibility index (Phi) is 5.80. The summed E-state index contributed by atoms with van der Waals surface area (Å²) in [6.45, 7) is 9.27. The van der Waals surface area contributed by atoms with Crippen molar-refractivity contribution >= 4 is 15.9 Å². The van der Waals surface area contributed by atoms with Gasteiger partial charge in [0, 0.05) is 22.9 Å². The number of pyridine rings is 1. The average Bonchev–Trinajstić information content (AvgIpc) is 2.26. The zero-order valence-electron chi connectivity index (χ0n) is 12.1. The van der Waals surface area contributed by atoms with Crippen molar-refractivity contribution in [1.29, 1.82) is 0 Å². The van der Waals surface area contributed by atoms with Crippen molar-refractivity contribution in [2.45, 2.75) is 46.6 Å². The highest BCUT2D eigenvalue weighted by molar-refractivity contribution is 9.10. The van der Waals surface area contributed by atoms with Crippen molar-refractivity contribution < 1.29 is 0 Å². The second-order valence-corrected chi connectivity index (χ2v) is 7.12. The van der Waals surface area contributed by atoms with Crippen LogP contribution in [-0.4, -0.2) is 18.1 Å². The fourth-order valence-electron chi connectivity index (χ4n) is 1.94. The molecule has 1 aromatic rings. The summed E-state index contributed by atoms with van der Waals surface area (Å²) in [5, 5.41) is 3.43. The number of rotatable bonds is 5.